The zero-order valence-electron chi connectivity index (χ0n) is 19.2. The molecule has 192 valence electrons. The molecule has 0 atom stereocenters. The van der Waals surface area contributed by atoms with Crippen LogP contribution in [0, 0.1) is 0 Å². The third kappa shape index (κ3) is 5.17. The molecule has 0 bridgehead atoms. The summed E-state index contributed by atoms with van der Waals surface area (Å²) >= 11 is 0. The first-order chi connectivity index (χ1) is 17.5. The highest BCUT2D eigenvalue weighted by atomic mass is 19.4. The SMILES string of the molecule is O=c1[nH]c(-c2ccc(C(F)(F)F)cc2)nc2c1CN(Cc1cccn1-c1cccc(C(F)(F)F)c1)CC2. The van der Waals surface area contributed by atoms with Gasteiger partial charge in [0.2, 0.25) is 0 Å². The maximum atomic E-state index is 13.2. The Morgan fingerprint density at radius 3 is 2.32 bits per heavy atom. The van der Waals surface area contributed by atoms with E-state index in [1.54, 1.807) is 22.9 Å². The van der Waals surface area contributed by atoms with Crippen molar-refractivity contribution in [2.24, 2.45) is 0 Å². The van der Waals surface area contributed by atoms with Crippen molar-refractivity contribution in [3.63, 3.8) is 0 Å². The van der Waals surface area contributed by atoms with Crippen LogP contribution < -0.4 is 5.56 Å². The summed E-state index contributed by atoms with van der Waals surface area (Å²) in [5, 5.41) is 0. The molecule has 5 nitrogen and oxygen atoms in total. The Hall–Kier alpha value is -3.86. The second kappa shape index (κ2) is 9.22. The van der Waals surface area contributed by atoms with Gasteiger partial charge in [0.15, 0.2) is 0 Å². The van der Waals surface area contributed by atoms with Gasteiger partial charge >= 0.3 is 12.4 Å². The molecule has 0 amide bonds. The van der Waals surface area contributed by atoms with Gasteiger partial charge in [0.1, 0.15) is 5.82 Å². The fourth-order valence-corrected chi connectivity index (χ4v) is 4.43. The summed E-state index contributed by atoms with van der Waals surface area (Å²) in [5.41, 5.74) is 0.635. The Bertz CT molecular complexity index is 1480. The van der Waals surface area contributed by atoms with Crippen molar-refractivity contribution < 1.29 is 26.3 Å². The average Bonchev–Trinajstić information content (AvgIpc) is 3.31. The summed E-state index contributed by atoms with van der Waals surface area (Å²) in [6.45, 7) is 1.21. The van der Waals surface area contributed by atoms with Crippen molar-refractivity contribution in [1.29, 1.82) is 0 Å². The number of hydrogen-bond acceptors (Lipinski definition) is 3. The number of H-pyrrole nitrogens is 1. The van der Waals surface area contributed by atoms with E-state index in [9.17, 15) is 31.1 Å². The first-order valence-corrected chi connectivity index (χ1v) is 11.3. The Kier molecular flexibility index (Phi) is 6.18. The van der Waals surface area contributed by atoms with Gasteiger partial charge in [-0.05, 0) is 42.5 Å². The molecule has 0 saturated heterocycles. The van der Waals surface area contributed by atoms with E-state index >= 15 is 0 Å². The topological polar surface area (TPSA) is 53.9 Å². The first kappa shape index (κ1) is 24.8. The average molecular weight is 518 g/mol. The van der Waals surface area contributed by atoms with Crippen LogP contribution in [0.5, 0.6) is 0 Å². The van der Waals surface area contributed by atoms with Crippen molar-refractivity contribution in [2.75, 3.05) is 6.54 Å². The van der Waals surface area contributed by atoms with Gasteiger partial charge in [-0.1, -0.05) is 18.2 Å². The number of nitrogens with zero attached hydrogens (tertiary/aromatic N) is 3. The summed E-state index contributed by atoms with van der Waals surface area (Å²) in [5.74, 6) is 0.198. The normalized spacial score (nSPS) is 14.5. The molecule has 2 aromatic carbocycles. The van der Waals surface area contributed by atoms with Crippen LogP contribution in [0.4, 0.5) is 26.3 Å². The van der Waals surface area contributed by atoms with E-state index < -0.39 is 23.5 Å². The van der Waals surface area contributed by atoms with E-state index in [1.807, 2.05) is 11.0 Å². The second-order valence-corrected chi connectivity index (χ2v) is 8.79. The zero-order valence-corrected chi connectivity index (χ0v) is 19.2. The van der Waals surface area contributed by atoms with Gasteiger partial charge < -0.3 is 9.55 Å². The molecule has 2 aromatic heterocycles. The molecule has 37 heavy (non-hydrogen) atoms. The highest BCUT2D eigenvalue weighted by Crippen LogP contribution is 2.32. The largest absolute Gasteiger partial charge is 0.416 e. The summed E-state index contributed by atoms with van der Waals surface area (Å²) in [6.07, 6.45) is -6.78. The molecule has 1 aliphatic heterocycles. The molecule has 1 aliphatic rings. The number of fused-ring (bicyclic) bond motifs is 1. The molecule has 0 aliphatic carbocycles. The van der Waals surface area contributed by atoms with Gasteiger partial charge in [-0.25, -0.2) is 4.98 Å². The lowest BCUT2D eigenvalue weighted by atomic mass is 10.1. The quantitative estimate of drug-likeness (QED) is 0.347. The van der Waals surface area contributed by atoms with Gasteiger partial charge in [-0.3, -0.25) is 9.69 Å². The van der Waals surface area contributed by atoms with E-state index in [1.165, 1.54) is 18.2 Å². The minimum absolute atomic E-state index is 0.198. The lowest BCUT2D eigenvalue weighted by Gasteiger charge is -2.28. The lowest BCUT2D eigenvalue weighted by molar-refractivity contribution is -0.138. The maximum absolute atomic E-state index is 13.2. The first-order valence-electron chi connectivity index (χ1n) is 11.3. The van der Waals surface area contributed by atoms with Crippen LogP contribution in [-0.4, -0.2) is 26.0 Å². The van der Waals surface area contributed by atoms with Gasteiger partial charge in [0, 0.05) is 49.2 Å². The molecule has 0 radical (unpaired) electrons. The summed E-state index contributed by atoms with van der Waals surface area (Å²) in [4.78, 5) is 22.0. The smallest absolute Gasteiger partial charge is 0.320 e. The number of rotatable bonds is 4. The third-order valence-electron chi connectivity index (χ3n) is 6.30. The molecular weight excluding hydrogens is 498 g/mol. The van der Waals surface area contributed by atoms with E-state index in [2.05, 4.69) is 9.97 Å². The summed E-state index contributed by atoms with van der Waals surface area (Å²) < 4.78 is 79.7. The van der Waals surface area contributed by atoms with E-state index in [0.29, 0.717) is 42.0 Å². The van der Waals surface area contributed by atoms with Crippen molar-refractivity contribution in [2.45, 2.75) is 31.9 Å². The monoisotopic (exact) mass is 518 g/mol. The van der Waals surface area contributed by atoms with Crippen LogP contribution in [-0.2, 0) is 31.9 Å². The van der Waals surface area contributed by atoms with Crippen LogP contribution >= 0.6 is 0 Å². The standard InChI is InChI=1S/C26H20F6N4O/c27-25(28,29)17-8-6-16(7-9-17)23-33-22-10-12-35(15-21(22)24(37)34-23)14-20-5-2-11-36(20)19-4-1-3-18(13-19)26(30,31)32/h1-9,11,13H,10,12,14-15H2,(H,33,34,37). The molecule has 1 N–H and O–H groups in total. The van der Waals surface area contributed by atoms with Crippen LogP contribution in [0.2, 0.25) is 0 Å². The molecular formula is C26H20F6N4O. The van der Waals surface area contributed by atoms with Crippen molar-refractivity contribution >= 4 is 0 Å². The number of aromatic nitrogens is 3. The van der Waals surface area contributed by atoms with Gasteiger partial charge in [-0.2, -0.15) is 26.3 Å². The minimum Gasteiger partial charge on any atom is -0.320 e. The van der Waals surface area contributed by atoms with Crippen LogP contribution in [0.25, 0.3) is 17.1 Å². The molecule has 4 aromatic rings. The van der Waals surface area contributed by atoms with E-state index in [0.717, 1.165) is 30.0 Å². The summed E-state index contributed by atoms with van der Waals surface area (Å²) in [6, 6.07) is 13.0. The molecule has 5 rings (SSSR count). The lowest BCUT2D eigenvalue weighted by Crippen LogP contribution is -2.35. The van der Waals surface area contributed by atoms with E-state index in [4.69, 9.17) is 0 Å². The second-order valence-electron chi connectivity index (χ2n) is 8.79. The number of halogens is 6. The molecule has 11 heteroatoms. The van der Waals surface area contributed by atoms with Crippen molar-refractivity contribution in [1.82, 2.24) is 19.4 Å². The number of nitrogens with one attached hydrogen (secondary N) is 1. The third-order valence-corrected chi connectivity index (χ3v) is 6.30. The van der Waals surface area contributed by atoms with E-state index in [-0.39, 0.29) is 17.9 Å². The van der Waals surface area contributed by atoms with Crippen LogP contribution in [0.1, 0.15) is 28.1 Å². The number of benzene rings is 2. The predicted molar refractivity (Wildman–Crippen MR) is 124 cm³/mol. The maximum Gasteiger partial charge on any atom is 0.416 e. The number of alkyl halides is 6. The fourth-order valence-electron chi connectivity index (χ4n) is 4.43. The van der Waals surface area contributed by atoms with Gasteiger partial charge in [0.25, 0.3) is 5.56 Å². The zero-order chi connectivity index (χ0) is 26.4. The summed E-state index contributed by atoms with van der Waals surface area (Å²) in [7, 11) is 0. The fraction of sp³-hybridized carbons (Fsp3) is 0.231. The minimum atomic E-state index is -4.46. The molecule has 0 fully saturated rings. The Morgan fingerprint density at radius 2 is 1.62 bits per heavy atom. The Labute approximate surface area is 207 Å². The number of aromatic amines is 1. The van der Waals surface area contributed by atoms with Crippen LogP contribution in [0.15, 0.2) is 71.7 Å². The molecule has 0 saturated carbocycles. The van der Waals surface area contributed by atoms with Gasteiger partial charge in [0.05, 0.1) is 22.4 Å². The molecule has 3 heterocycles. The van der Waals surface area contributed by atoms with Gasteiger partial charge in [-0.15, -0.1) is 0 Å². The molecule has 0 unspecified atom stereocenters. The highest BCUT2D eigenvalue weighted by Gasteiger charge is 2.31. The highest BCUT2D eigenvalue weighted by molar-refractivity contribution is 5.56. The van der Waals surface area contributed by atoms with Crippen LogP contribution in [0.3, 0.4) is 0 Å². The predicted octanol–water partition coefficient (Wildman–Crippen LogP) is 5.82. The Balaban J connectivity index is 1.35. The Morgan fingerprint density at radius 1 is 0.892 bits per heavy atom. The van der Waals surface area contributed by atoms with Crippen molar-refractivity contribution in [3.05, 3.63) is 105 Å². The molecule has 0 spiro atoms. The number of hydrogen-bond donors (Lipinski definition) is 1. The van der Waals surface area contributed by atoms with Crippen molar-refractivity contribution in [3.8, 4) is 17.1 Å².